The van der Waals surface area contributed by atoms with Gasteiger partial charge in [-0.3, -0.25) is 9.59 Å². The Labute approximate surface area is 157 Å². The molecule has 26 heavy (non-hydrogen) atoms. The number of aromatic nitrogens is 1. The van der Waals surface area contributed by atoms with Gasteiger partial charge in [-0.25, -0.2) is 4.98 Å². The van der Waals surface area contributed by atoms with Gasteiger partial charge >= 0.3 is 0 Å². The number of carbonyl (C=O) groups excluding carboxylic acids is 2. The number of fused-ring (bicyclic) bond motifs is 1. The highest BCUT2D eigenvalue weighted by Crippen LogP contribution is 2.28. The zero-order valence-corrected chi connectivity index (χ0v) is 16.0. The molecule has 7 heteroatoms. The van der Waals surface area contributed by atoms with Crippen molar-refractivity contribution < 1.29 is 9.59 Å². The summed E-state index contributed by atoms with van der Waals surface area (Å²) in [6, 6.07) is 5.65. The Bertz CT molecular complexity index is 852. The van der Waals surface area contributed by atoms with Crippen molar-refractivity contribution in [2.24, 2.45) is 5.41 Å². The summed E-state index contributed by atoms with van der Waals surface area (Å²) in [7, 11) is 0. The van der Waals surface area contributed by atoms with Crippen molar-refractivity contribution in [3.63, 3.8) is 0 Å². The first-order chi connectivity index (χ1) is 12.4. The van der Waals surface area contributed by atoms with E-state index >= 15 is 0 Å². The van der Waals surface area contributed by atoms with Crippen molar-refractivity contribution in [3.05, 3.63) is 29.3 Å². The van der Waals surface area contributed by atoms with Crippen LogP contribution >= 0.6 is 11.3 Å². The molecule has 2 N–H and O–H groups in total. The van der Waals surface area contributed by atoms with E-state index in [1.807, 2.05) is 23.1 Å². The molecule has 0 atom stereocenters. The third-order valence-corrected chi connectivity index (χ3v) is 6.34. The van der Waals surface area contributed by atoms with Crippen LogP contribution in [0.1, 0.15) is 37.0 Å². The molecule has 1 aromatic heterocycles. The fourth-order valence-corrected chi connectivity index (χ4v) is 4.42. The number of carbonyl (C=O) groups is 2. The number of nitrogens with one attached hydrogen (secondary N) is 2. The van der Waals surface area contributed by atoms with Crippen LogP contribution in [0.25, 0.3) is 10.2 Å². The summed E-state index contributed by atoms with van der Waals surface area (Å²) in [5.41, 5.74) is 2.90. The second-order valence-corrected chi connectivity index (χ2v) is 9.00. The lowest BCUT2D eigenvalue weighted by molar-refractivity contribution is -0.128. The minimum atomic E-state index is -0.549. The average Bonchev–Trinajstić information content (AvgIpc) is 3.08. The van der Waals surface area contributed by atoms with E-state index in [1.54, 1.807) is 16.8 Å². The minimum Gasteiger partial charge on any atom is -0.354 e. The number of rotatable bonds is 1. The first kappa shape index (κ1) is 17.4. The lowest BCUT2D eigenvalue weighted by Gasteiger charge is -2.40. The standard InChI is InChI=1S/C19H24N4O2S/c1-18(2)10-20-17(25)19(22-11-18)5-7-23(8-6-19)16(24)13-3-4-14-15(9-13)26-12-21-14/h3-4,9,12,22H,5-8,10-11H2,1-2H3,(H,20,25). The van der Waals surface area contributed by atoms with Crippen LogP contribution in [0, 0.1) is 5.41 Å². The Hall–Kier alpha value is -1.99. The number of hydrogen-bond donors (Lipinski definition) is 2. The van der Waals surface area contributed by atoms with E-state index in [1.165, 1.54) is 0 Å². The lowest BCUT2D eigenvalue weighted by atomic mass is 9.85. The van der Waals surface area contributed by atoms with Crippen LogP contribution in [0.5, 0.6) is 0 Å². The topological polar surface area (TPSA) is 74.3 Å². The summed E-state index contributed by atoms with van der Waals surface area (Å²) < 4.78 is 1.02. The summed E-state index contributed by atoms with van der Waals surface area (Å²) in [4.78, 5) is 31.7. The van der Waals surface area contributed by atoms with Crippen molar-refractivity contribution in [1.82, 2.24) is 20.5 Å². The van der Waals surface area contributed by atoms with E-state index in [9.17, 15) is 9.59 Å². The molecule has 0 radical (unpaired) electrons. The molecule has 0 aliphatic carbocycles. The van der Waals surface area contributed by atoms with E-state index in [0.717, 1.165) is 16.8 Å². The Morgan fingerprint density at radius 1 is 1.23 bits per heavy atom. The highest BCUT2D eigenvalue weighted by Gasteiger charge is 2.44. The number of hydrogen-bond acceptors (Lipinski definition) is 5. The van der Waals surface area contributed by atoms with Gasteiger partial charge in [0.05, 0.1) is 15.7 Å². The van der Waals surface area contributed by atoms with Crippen LogP contribution in [-0.2, 0) is 4.79 Å². The number of benzene rings is 1. The molecule has 138 valence electrons. The Morgan fingerprint density at radius 3 is 2.77 bits per heavy atom. The molecule has 2 aromatic rings. The predicted molar refractivity (Wildman–Crippen MR) is 102 cm³/mol. The molecule has 1 spiro atoms. The third kappa shape index (κ3) is 3.10. The number of nitrogens with zero attached hydrogens (tertiary/aromatic N) is 2. The van der Waals surface area contributed by atoms with Gasteiger partial charge in [0, 0.05) is 31.7 Å². The molecule has 3 heterocycles. The summed E-state index contributed by atoms with van der Waals surface area (Å²) in [5, 5.41) is 6.58. The second kappa shape index (κ2) is 6.32. The molecule has 2 aliphatic rings. The highest BCUT2D eigenvalue weighted by atomic mass is 32.1. The highest BCUT2D eigenvalue weighted by molar-refractivity contribution is 7.16. The summed E-state index contributed by atoms with van der Waals surface area (Å²) in [6.07, 6.45) is 1.28. The van der Waals surface area contributed by atoms with Gasteiger partial charge in [0.1, 0.15) is 5.54 Å². The molecule has 2 fully saturated rings. The van der Waals surface area contributed by atoms with Crippen LogP contribution in [0.15, 0.2) is 23.7 Å². The van der Waals surface area contributed by atoms with E-state index in [4.69, 9.17) is 0 Å². The van der Waals surface area contributed by atoms with Crippen LogP contribution in [-0.4, -0.2) is 53.4 Å². The molecule has 1 aromatic carbocycles. The zero-order valence-electron chi connectivity index (χ0n) is 15.2. The smallest absolute Gasteiger partial charge is 0.253 e. The molecule has 2 amide bonds. The van der Waals surface area contributed by atoms with E-state index < -0.39 is 5.54 Å². The lowest BCUT2D eigenvalue weighted by Crippen LogP contribution is -2.61. The number of amides is 2. The fraction of sp³-hybridized carbons (Fsp3) is 0.526. The monoisotopic (exact) mass is 372 g/mol. The Morgan fingerprint density at radius 2 is 2.00 bits per heavy atom. The van der Waals surface area contributed by atoms with Gasteiger partial charge in [0.25, 0.3) is 5.91 Å². The maximum Gasteiger partial charge on any atom is 0.253 e. The maximum absolute atomic E-state index is 12.9. The molecular formula is C19H24N4O2S. The zero-order chi connectivity index (χ0) is 18.4. The Kier molecular flexibility index (Phi) is 4.23. The number of thiazole rings is 1. The first-order valence-electron chi connectivity index (χ1n) is 9.05. The van der Waals surface area contributed by atoms with Gasteiger partial charge in [-0.05, 0) is 36.5 Å². The van der Waals surface area contributed by atoms with Gasteiger partial charge in [-0.1, -0.05) is 13.8 Å². The van der Waals surface area contributed by atoms with Gasteiger partial charge in [-0.2, -0.15) is 0 Å². The van der Waals surface area contributed by atoms with Crippen LogP contribution < -0.4 is 10.6 Å². The van der Waals surface area contributed by atoms with E-state index in [2.05, 4.69) is 29.5 Å². The van der Waals surface area contributed by atoms with Crippen LogP contribution in [0.4, 0.5) is 0 Å². The van der Waals surface area contributed by atoms with E-state index in [-0.39, 0.29) is 17.2 Å². The quantitative estimate of drug-likeness (QED) is 0.803. The third-order valence-electron chi connectivity index (χ3n) is 5.55. The predicted octanol–water partition coefficient (Wildman–Crippen LogP) is 2.02. The molecule has 4 rings (SSSR count). The molecule has 0 unspecified atom stereocenters. The van der Waals surface area contributed by atoms with Crippen molar-refractivity contribution in [1.29, 1.82) is 0 Å². The van der Waals surface area contributed by atoms with Crippen LogP contribution in [0.2, 0.25) is 0 Å². The number of likely N-dealkylation sites (tertiary alicyclic amines) is 1. The van der Waals surface area contributed by atoms with Gasteiger partial charge in [0.15, 0.2) is 0 Å². The fourth-order valence-electron chi connectivity index (χ4n) is 3.71. The summed E-state index contributed by atoms with van der Waals surface area (Å²) >= 11 is 1.54. The normalized spacial score (nSPS) is 22.2. The van der Waals surface area contributed by atoms with Crippen molar-refractivity contribution >= 4 is 33.4 Å². The molecule has 2 saturated heterocycles. The Balaban J connectivity index is 1.47. The molecular weight excluding hydrogens is 348 g/mol. The summed E-state index contributed by atoms with van der Waals surface area (Å²) in [5.74, 6) is 0.103. The van der Waals surface area contributed by atoms with Crippen molar-refractivity contribution in [2.45, 2.75) is 32.2 Å². The minimum absolute atomic E-state index is 0.0320. The van der Waals surface area contributed by atoms with Gasteiger partial charge < -0.3 is 15.5 Å². The molecule has 2 aliphatic heterocycles. The first-order valence-corrected chi connectivity index (χ1v) is 9.92. The second-order valence-electron chi connectivity index (χ2n) is 8.11. The molecule has 0 bridgehead atoms. The van der Waals surface area contributed by atoms with Gasteiger partial charge in [-0.15, -0.1) is 11.3 Å². The van der Waals surface area contributed by atoms with Crippen LogP contribution in [0.3, 0.4) is 0 Å². The SMILES string of the molecule is CC1(C)CNC(=O)C2(CCN(C(=O)c3ccc4ncsc4c3)CC2)NC1. The molecule has 0 saturated carbocycles. The number of piperidine rings is 1. The van der Waals surface area contributed by atoms with Crippen molar-refractivity contribution in [2.75, 3.05) is 26.2 Å². The summed E-state index contributed by atoms with van der Waals surface area (Å²) in [6.45, 7) is 6.93. The average molecular weight is 372 g/mol. The van der Waals surface area contributed by atoms with E-state index in [0.29, 0.717) is 38.0 Å². The molecule has 6 nitrogen and oxygen atoms in total. The van der Waals surface area contributed by atoms with Crippen molar-refractivity contribution in [3.8, 4) is 0 Å². The van der Waals surface area contributed by atoms with Gasteiger partial charge in [0.2, 0.25) is 5.91 Å². The maximum atomic E-state index is 12.9. The largest absolute Gasteiger partial charge is 0.354 e.